The number of halogens is 1. The van der Waals surface area contributed by atoms with E-state index in [1.165, 1.54) is 19.1 Å². The second-order valence-electron chi connectivity index (χ2n) is 8.68. The lowest BCUT2D eigenvalue weighted by Crippen LogP contribution is -2.42. The van der Waals surface area contributed by atoms with Gasteiger partial charge in [-0.25, -0.2) is 9.40 Å². The molecule has 3 rings (SSSR count). The summed E-state index contributed by atoms with van der Waals surface area (Å²) in [6.45, 7) is 4.67. The smallest absolute Gasteiger partial charge is 0.253 e. The number of likely N-dealkylation sites (tertiary alicyclic amines) is 1. The van der Waals surface area contributed by atoms with Crippen molar-refractivity contribution in [2.45, 2.75) is 31.3 Å². The van der Waals surface area contributed by atoms with Gasteiger partial charge < -0.3 is 14.7 Å². The fourth-order valence-corrected chi connectivity index (χ4v) is 3.84. The molecule has 2 aromatic carbocycles. The lowest BCUT2D eigenvalue weighted by molar-refractivity contribution is -0.00508. The summed E-state index contributed by atoms with van der Waals surface area (Å²) >= 11 is 0. The van der Waals surface area contributed by atoms with E-state index >= 15 is 0 Å². The van der Waals surface area contributed by atoms with Gasteiger partial charge in [0.1, 0.15) is 30.1 Å². The zero-order valence-electron chi connectivity index (χ0n) is 18.2. The summed E-state index contributed by atoms with van der Waals surface area (Å²) in [5, 5.41) is 21.6. The normalized spacial score (nSPS) is 19.8. The minimum absolute atomic E-state index is 0.0572. The fraction of sp³-hybridized carbons (Fsp3) is 0.391. The van der Waals surface area contributed by atoms with Crippen LogP contribution in [-0.2, 0) is 5.41 Å². The number of rotatable bonds is 9. The highest BCUT2D eigenvalue weighted by Gasteiger charge is 2.37. The Bertz CT molecular complexity index is 957. The van der Waals surface area contributed by atoms with Crippen molar-refractivity contribution in [1.82, 2.24) is 9.91 Å². The molecule has 1 unspecified atom stereocenters. The predicted octanol–water partition coefficient (Wildman–Crippen LogP) is 3.61. The average molecular weight is 442 g/mol. The molecule has 1 amide bonds. The van der Waals surface area contributed by atoms with Crippen molar-refractivity contribution in [3.8, 4) is 5.75 Å². The summed E-state index contributed by atoms with van der Waals surface area (Å²) in [7, 11) is 0. The van der Waals surface area contributed by atoms with E-state index in [1.807, 2.05) is 0 Å². The topological polar surface area (TPSA) is 113 Å². The maximum atomic E-state index is 13.3. The van der Waals surface area contributed by atoms with E-state index in [1.54, 1.807) is 41.3 Å². The number of carbonyl (C=O) groups is 1. The molecule has 1 aliphatic heterocycles. The van der Waals surface area contributed by atoms with Gasteiger partial charge in [0, 0.05) is 24.1 Å². The first-order valence-electron chi connectivity index (χ1n) is 10.3. The molecule has 1 fully saturated rings. The van der Waals surface area contributed by atoms with Crippen molar-refractivity contribution in [2.75, 3.05) is 26.2 Å². The Hall–Kier alpha value is -3.33. The first kappa shape index (κ1) is 23.3. The molecular formula is C23H28FN5O3. The van der Waals surface area contributed by atoms with Crippen molar-refractivity contribution in [3.05, 3.63) is 65.5 Å². The predicted molar refractivity (Wildman–Crippen MR) is 117 cm³/mol. The van der Waals surface area contributed by atoms with Gasteiger partial charge in [0.2, 0.25) is 0 Å². The zero-order chi connectivity index (χ0) is 23.4. The average Bonchev–Trinajstić information content (AvgIpc) is 3.19. The molecule has 0 bridgehead atoms. The summed E-state index contributed by atoms with van der Waals surface area (Å²) in [6, 6.07) is 13.2. The van der Waals surface area contributed by atoms with Crippen LogP contribution in [0.1, 0.15) is 36.2 Å². The van der Waals surface area contributed by atoms with Crippen molar-refractivity contribution in [1.29, 1.82) is 10.9 Å². The third-order valence-electron chi connectivity index (χ3n) is 5.73. The largest absolute Gasteiger partial charge is 0.491 e. The fourth-order valence-electron chi connectivity index (χ4n) is 3.84. The van der Waals surface area contributed by atoms with Crippen molar-refractivity contribution < 1.29 is 19.0 Å². The number of nitrogens with one attached hydrogen (secondary N) is 2. The van der Waals surface area contributed by atoms with Gasteiger partial charge in [0.25, 0.3) is 5.91 Å². The maximum absolute atomic E-state index is 13.3. The van der Waals surface area contributed by atoms with Crippen LogP contribution in [0, 0.1) is 16.8 Å². The van der Waals surface area contributed by atoms with E-state index in [0.29, 0.717) is 24.4 Å². The number of benzene rings is 2. The minimum Gasteiger partial charge on any atom is -0.491 e. The highest BCUT2D eigenvalue weighted by Crippen LogP contribution is 2.35. The van der Waals surface area contributed by atoms with Gasteiger partial charge >= 0.3 is 0 Å². The minimum atomic E-state index is -1.32. The van der Waals surface area contributed by atoms with E-state index in [0.717, 1.165) is 23.3 Å². The first-order chi connectivity index (χ1) is 15.2. The number of hydrogen-bond acceptors (Lipinski definition) is 6. The molecule has 0 spiro atoms. The summed E-state index contributed by atoms with van der Waals surface area (Å²) in [6.07, 6.45) is 1.65. The molecule has 1 saturated heterocycles. The molecule has 1 aliphatic rings. The summed E-state index contributed by atoms with van der Waals surface area (Å²) in [5.41, 5.74) is 6.97. The molecule has 2 atom stereocenters. The Morgan fingerprint density at radius 3 is 2.56 bits per heavy atom. The number of aliphatic hydroxyl groups is 1. The quantitative estimate of drug-likeness (QED) is 0.239. The Kier molecular flexibility index (Phi) is 6.88. The second-order valence-corrected chi connectivity index (χ2v) is 8.68. The lowest BCUT2D eigenvalue weighted by Gasteiger charge is -2.26. The third kappa shape index (κ3) is 5.47. The number of hydrogen-bond donors (Lipinski definition) is 3. The number of ether oxygens (including phenoxy) is 1. The van der Waals surface area contributed by atoms with Crippen LogP contribution in [0.15, 0.2) is 53.8 Å². The van der Waals surface area contributed by atoms with Gasteiger partial charge in [-0.15, -0.1) is 0 Å². The molecule has 9 heteroatoms. The molecular weight excluding hydrogens is 413 g/mol. The van der Waals surface area contributed by atoms with E-state index < -0.39 is 5.60 Å². The molecule has 170 valence electrons. The van der Waals surface area contributed by atoms with E-state index in [2.05, 4.69) is 12.1 Å². The van der Waals surface area contributed by atoms with E-state index in [4.69, 9.17) is 15.7 Å². The Labute approximate surface area is 186 Å². The highest BCUT2D eigenvalue weighted by molar-refractivity contribution is 5.94. The number of carbonyl (C=O) groups excluding carboxylic acids is 1. The zero-order valence-corrected chi connectivity index (χ0v) is 18.2. The molecule has 0 aliphatic carbocycles. The van der Waals surface area contributed by atoms with Crippen LogP contribution in [-0.4, -0.2) is 59.1 Å². The van der Waals surface area contributed by atoms with Crippen LogP contribution in [0.5, 0.6) is 5.75 Å². The Morgan fingerprint density at radius 2 is 1.97 bits per heavy atom. The van der Waals surface area contributed by atoms with Gasteiger partial charge in [-0.1, -0.05) is 24.3 Å². The third-order valence-corrected chi connectivity index (χ3v) is 5.73. The molecule has 0 saturated carbocycles. The van der Waals surface area contributed by atoms with Crippen molar-refractivity contribution in [3.63, 3.8) is 0 Å². The molecule has 2 aromatic rings. The standard InChI is InChI=1S/C23H28FN5O3/c1-22(18-5-7-19(24)8-6-18)11-12-28(13-22)21(30)17-3-9-20(10-4-17)32-15-23(2,31)14-29(16-25)27-26/h3-10,16,25-26,31H,11-15H2,1-2H3/t22-,23?/m0/s1. The van der Waals surface area contributed by atoms with E-state index in [-0.39, 0.29) is 30.3 Å². The summed E-state index contributed by atoms with van der Waals surface area (Å²) in [5.74, 6) is 0.141. The summed E-state index contributed by atoms with van der Waals surface area (Å²) < 4.78 is 18.9. The molecule has 3 N–H and O–H groups in total. The molecule has 32 heavy (non-hydrogen) atoms. The first-order valence-corrected chi connectivity index (χ1v) is 10.3. The Morgan fingerprint density at radius 1 is 1.31 bits per heavy atom. The van der Waals surface area contributed by atoms with Crippen LogP contribution in [0.2, 0.25) is 0 Å². The monoisotopic (exact) mass is 441 g/mol. The summed E-state index contributed by atoms with van der Waals surface area (Å²) in [4.78, 5) is 14.8. The van der Waals surface area contributed by atoms with E-state index in [9.17, 15) is 14.3 Å². The SMILES string of the molecule is CC(O)(COc1ccc(C(=O)N2CC[C@](C)(c3ccc(F)cc3)C2)cc1)CN(C=N)N=N. The molecule has 8 nitrogen and oxygen atoms in total. The van der Waals surface area contributed by atoms with Gasteiger partial charge in [-0.3, -0.25) is 10.2 Å². The second kappa shape index (κ2) is 9.44. The van der Waals surface area contributed by atoms with Gasteiger partial charge in [-0.2, -0.15) is 5.53 Å². The number of nitrogens with zero attached hydrogens (tertiary/aromatic N) is 3. The van der Waals surface area contributed by atoms with Crippen LogP contribution in [0.25, 0.3) is 0 Å². The van der Waals surface area contributed by atoms with Gasteiger partial charge in [0.05, 0.1) is 6.54 Å². The molecule has 1 heterocycles. The van der Waals surface area contributed by atoms with Crippen molar-refractivity contribution in [2.24, 2.45) is 5.22 Å². The van der Waals surface area contributed by atoms with Gasteiger partial charge in [0.15, 0.2) is 0 Å². The van der Waals surface area contributed by atoms with Crippen LogP contribution in [0.3, 0.4) is 0 Å². The molecule has 0 aromatic heterocycles. The van der Waals surface area contributed by atoms with Crippen LogP contribution >= 0.6 is 0 Å². The van der Waals surface area contributed by atoms with Crippen LogP contribution < -0.4 is 4.74 Å². The molecule has 0 radical (unpaired) electrons. The lowest BCUT2D eigenvalue weighted by atomic mass is 9.82. The highest BCUT2D eigenvalue weighted by atomic mass is 19.1. The van der Waals surface area contributed by atoms with Crippen molar-refractivity contribution >= 4 is 12.2 Å². The number of amides is 1. The van der Waals surface area contributed by atoms with Crippen LogP contribution in [0.4, 0.5) is 4.39 Å². The Balaban J connectivity index is 1.59. The van der Waals surface area contributed by atoms with Gasteiger partial charge in [-0.05, 0) is 55.3 Å². The maximum Gasteiger partial charge on any atom is 0.253 e.